The predicted octanol–water partition coefficient (Wildman–Crippen LogP) is 3.46. The zero-order valence-corrected chi connectivity index (χ0v) is 11.1. The summed E-state index contributed by atoms with van der Waals surface area (Å²) in [4.78, 5) is 4.52. The highest BCUT2D eigenvalue weighted by atomic mass is 16.7. The first-order chi connectivity index (χ1) is 9.78. The summed E-state index contributed by atoms with van der Waals surface area (Å²) in [5, 5.41) is 0. The summed E-state index contributed by atoms with van der Waals surface area (Å²) in [6.45, 7) is 2.34. The minimum absolute atomic E-state index is 0.293. The first-order valence-corrected chi connectivity index (χ1v) is 6.52. The van der Waals surface area contributed by atoms with Crippen LogP contribution in [0.15, 0.2) is 40.8 Å². The summed E-state index contributed by atoms with van der Waals surface area (Å²) in [6.07, 6.45) is 0.643. The standard InChI is InChI=1S/C16H13NO3/c1-10-2-4-13-12(6-10)17-16(20-13)8-11-3-5-14-15(7-11)19-9-18-14/h2-7H,8-9H2,1H3. The highest BCUT2D eigenvalue weighted by Crippen LogP contribution is 2.33. The summed E-state index contributed by atoms with van der Waals surface area (Å²) >= 11 is 0. The molecule has 0 spiro atoms. The van der Waals surface area contributed by atoms with Crippen LogP contribution in [0.5, 0.6) is 11.5 Å². The molecular weight excluding hydrogens is 254 g/mol. The summed E-state index contributed by atoms with van der Waals surface area (Å²) in [5.74, 6) is 2.29. The molecule has 2 aromatic carbocycles. The maximum Gasteiger partial charge on any atom is 0.231 e. The molecule has 20 heavy (non-hydrogen) atoms. The average molecular weight is 267 g/mol. The summed E-state index contributed by atoms with van der Waals surface area (Å²) in [5.41, 5.74) is 4.00. The van der Waals surface area contributed by atoms with Crippen molar-refractivity contribution in [3.63, 3.8) is 0 Å². The van der Waals surface area contributed by atoms with Crippen LogP contribution < -0.4 is 9.47 Å². The molecule has 0 amide bonds. The number of nitrogens with zero attached hydrogens (tertiary/aromatic N) is 1. The van der Waals surface area contributed by atoms with Crippen molar-refractivity contribution in [1.82, 2.24) is 4.98 Å². The number of hydrogen-bond acceptors (Lipinski definition) is 4. The van der Waals surface area contributed by atoms with Gasteiger partial charge in [-0.15, -0.1) is 0 Å². The lowest BCUT2D eigenvalue weighted by Gasteiger charge is -1.99. The van der Waals surface area contributed by atoms with Gasteiger partial charge < -0.3 is 13.9 Å². The number of aromatic nitrogens is 1. The second kappa shape index (κ2) is 4.27. The fourth-order valence-electron chi connectivity index (χ4n) is 2.39. The van der Waals surface area contributed by atoms with Gasteiger partial charge in [0.1, 0.15) is 5.52 Å². The second-order valence-electron chi connectivity index (χ2n) is 4.94. The molecule has 3 aromatic rings. The lowest BCUT2D eigenvalue weighted by Crippen LogP contribution is -1.93. The monoisotopic (exact) mass is 267 g/mol. The first-order valence-electron chi connectivity index (χ1n) is 6.52. The molecule has 4 nitrogen and oxygen atoms in total. The van der Waals surface area contributed by atoms with E-state index < -0.39 is 0 Å². The maximum absolute atomic E-state index is 5.76. The van der Waals surface area contributed by atoms with Crippen LogP contribution in [0.25, 0.3) is 11.1 Å². The van der Waals surface area contributed by atoms with Gasteiger partial charge in [-0.25, -0.2) is 4.98 Å². The Labute approximate surface area is 116 Å². The molecule has 4 rings (SSSR count). The Kier molecular flexibility index (Phi) is 2.42. The second-order valence-corrected chi connectivity index (χ2v) is 4.94. The topological polar surface area (TPSA) is 44.5 Å². The SMILES string of the molecule is Cc1ccc2oc(Cc3ccc4c(c3)OCO4)nc2c1. The van der Waals surface area contributed by atoms with E-state index in [-0.39, 0.29) is 0 Å². The molecule has 1 aromatic heterocycles. The Morgan fingerprint density at radius 1 is 1.05 bits per heavy atom. The number of aryl methyl sites for hydroxylation is 1. The fraction of sp³-hybridized carbons (Fsp3) is 0.188. The number of benzene rings is 2. The van der Waals surface area contributed by atoms with Crippen molar-refractivity contribution in [3.8, 4) is 11.5 Å². The van der Waals surface area contributed by atoms with Gasteiger partial charge in [0, 0.05) is 6.42 Å². The lowest BCUT2D eigenvalue weighted by molar-refractivity contribution is 0.174. The Hall–Kier alpha value is -2.49. The molecular formula is C16H13NO3. The highest BCUT2D eigenvalue weighted by Gasteiger charge is 2.14. The van der Waals surface area contributed by atoms with Crippen LogP contribution in [0.1, 0.15) is 17.0 Å². The van der Waals surface area contributed by atoms with E-state index in [2.05, 4.69) is 4.98 Å². The third-order valence-electron chi connectivity index (χ3n) is 3.38. The van der Waals surface area contributed by atoms with Crippen LogP contribution in [-0.4, -0.2) is 11.8 Å². The van der Waals surface area contributed by atoms with Crippen molar-refractivity contribution >= 4 is 11.1 Å². The van der Waals surface area contributed by atoms with Crippen LogP contribution in [-0.2, 0) is 6.42 Å². The van der Waals surface area contributed by atoms with E-state index in [1.165, 1.54) is 5.56 Å². The summed E-state index contributed by atoms with van der Waals surface area (Å²) < 4.78 is 16.4. The van der Waals surface area contributed by atoms with Gasteiger partial charge in [0.15, 0.2) is 23.0 Å². The van der Waals surface area contributed by atoms with Crippen molar-refractivity contribution in [2.24, 2.45) is 0 Å². The molecule has 0 aliphatic carbocycles. The third kappa shape index (κ3) is 1.90. The van der Waals surface area contributed by atoms with Crippen LogP contribution in [0.4, 0.5) is 0 Å². The van der Waals surface area contributed by atoms with Crippen LogP contribution in [0.2, 0.25) is 0 Å². The van der Waals surface area contributed by atoms with E-state index in [0.29, 0.717) is 19.1 Å². The van der Waals surface area contributed by atoms with E-state index >= 15 is 0 Å². The van der Waals surface area contributed by atoms with Gasteiger partial charge >= 0.3 is 0 Å². The molecule has 0 fully saturated rings. The number of rotatable bonds is 2. The zero-order valence-electron chi connectivity index (χ0n) is 11.1. The smallest absolute Gasteiger partial charge is 0.231 e. The molecule has 2 heterocycles. The van der Waals surface area contributed by atoms with Gasteiger partial charge in [-0.05, 0) is 42.3 Å². The van der Waals surface area contributed by atoms with E-state index in [1.54, 1.807) is 0 Å². The molecule has 100 valence electrons. The molecule has 0 unspecified atom stereocenters. The molecule has 0 atom stereocenters. The predicted molar refractivity (Wildman–Crippen MR) is 74.1 cm³/mol. The van der Waals surface area contributed by atoms with E-state index in [0.717, 1.165) is 28.2 Å². The van der Waals surface area contributed by atoms with Crippen molar-refractivity contribution in [2.75, 3.05) is 6.79 Å². The van der Waals surface area contributed by atoms with Crippen molar-refractivity contribution in [1.29, 1.82) is 0 Å². The molecule has 0 N–H and O–H groups in total. The molecule has 4 heteroatoms. The molecule has 0 saturated carbocycles. The van der Waals surface area contributed by atoms with Crippen molar-refractivity contribution in [2.45, 2.75) is 13.3 Å². The third-order valence-corrected chi connectivity index (χ3v) is 3.38. The average Bonchev–Trinajstić information content (AvgIpc) is 3.03. The van der Waals surface area contributed by atoms with Gasteiger partial charge in [0.25, 0.3) is 0 Å². The van der Waals surface area contributed by atoms with Gasteiger partial charge in [0.2, 0.25) is 6.79 Å². The van der Waals surface area contributed by atoms with Gasteiger partial charge in [-0.2, -0.15) is 0 Å². The zero-order chi connectivity index (χ0) is 13.5. The minimum atomic E-state index is 0.293. The Balaban J connectivity index is 1.66. The van der Waals surface area contributed by atoms with E-state index in [1.807, 2.05) is 43.3 Å². The summed E-state index contributed by atoms with van der Waals surface area (Å²) in [7, 11) is 0. The van der Waals surface area contributed by atoms with Gasteiger partial charge in [-0.3, -0.25) is 0 Å². The molecule has 0 saturated heterocycles. The highest BCUT2D eigenvalue weighted by molar-refractivity contribution is 5.73. The number of hydrogen-bond donors (Lipinski definition) is 0. The van der Waals surface area contributed by atoms with Crippen molar-refractivity contribution < 1.29 is 13.9 Å². The molecule has 0 bridgehead atoms. The van der Waals surface area contributed by atoms with Gasteiger partial charge in [-0.1, -0.05) is 12.1 Å². The Morgan fingerprint density at radius 3 is 2.90 bits per heavy atom. The number of ether oxygens (including phenoxy) is 2. The van der Waals surface area contributed by atoms with E-state index in [9.17, 15) is 0 Å². The first kappa shape index (κ1) is 11.3. The molecule has 0 radical (unpaired) electrons. The number of fused-ring (bicyclic) bond motifs is 2. The normalized spacial score (nSPS) is 13.1. The minimum Gasteiger partial charge on any atom is -0.454 e. The molecule has 1 aliphatic rings. The number of oxazole rings is 1. The quantitative estimate of drug-likeness (QED) is 0.713. The lowest BCUT2D eigenvalue weighted by atomic mass is 10.1. The van der Waals surface area contributed by atoms with Crippen LogP contribution >= 0.6 is 0 Å². The van der Waals surface area contributed by atoms with Crippen LogP contribution in [0.3, 0.4) is 0 Å². The Bertz CT molecular complexity index is 792. The van der Waals surface area contributed by atoms with Gasteiger partial charge in [0.05, 0.1) is 0 Å². The van der Waals surface area contributed by atoms with Crippen LogP contribution in [0, 0.1) is 6.92 Å². The van der Waals surface area contributed by atoms with Crippen molar-refractivity contribution in [3.05, 3.63) is 53.4 Å². The Morgan fingerprint density at radius 2 is 1.95 bits per heavy atom. The maximum atomic E-state index is 5.76. The fourth-order valence-corrected chi connectivity index (χ4v) is 2.39. The summed E-state index contributed by atoms with van der Waals surface area (Å²) in [6, 6.07) is 11.9. The molecule has 1 aliphatic heterocycles. The largest absolute Gasteiger partial charge is 0.454 e. The van der Waals surface area contributed by atoms with E-state index in [4.69, 9.17) is 13.9 Å².